The Labute approximate surface area is 104 Å². The van der Waals surface area contributed by atoms with Crippen molar-refractivity contribution in [2.24, 2.45) is 0 Å². The number of rotatable bonds is 4. The lowest BCUT2D eigenvalue weighted by Crippen LogP contribution is -2.12. The Kier molecular flexibility index (Phi) is 3.57. The topological polar surface area (TPSA) is 83.0 Å². The summed E-state index contributed by atoms with van der Waals surface area (Å²) in [5.74, 6) is -0.309. The third-order valence-corrected chi connectivity index (χ3v) is 2.56. The Balaban J connectivity index is 2.12. The fraction of sp³-hybridized carbons (Fsp3) is 0.250. The highest BCUT2D eigenvalue weighted by atomic mass is 16.5. The third-order valence-electron chi connectivity index (χ3n) is 2.56. The van der Waals surface area contributed by atoms with Gasteiger partial charge in [-0.2, -0.15) is 0 Å². The summed E-state index contributed by atoms with van der Waals surface area (Å²) >= 11 is 0. The first-order chi connectivity index (χ1) is 8.69. The van der Waals surface area contributed by atoms with Gasteiger partial charge in [-0.1, -0.05) is 17.3 Å². The third kappa shape index (κ3) is 2.85. The number of anilines is 1. The van der Waals surface area contributed by atoms with Crippen LogP contribution in [0.25, 0.3) is 0 Å². The normalized spacial score (nSPS) is 10.3. The number of hydrogen-bond donors (Lipinski definition) is 1. The zero-order chi connectivity index (χ0) is 13.0. The SMILES string of the molecule is COC(=O)Cc1cnnn1Cc1ccc(N)cc1. The van der Waals surface area contributed by atoms with Gasteiger partial charge in [0.2, 0.25) is 0 Å². The highest BCUT2D eigenvalue weighted by molar-refractivity contribution is 5.71. The maximum Gasteiger partial charge on any atom is 0.311 e. The fourth-order valence-corrected chi connectivity index (χ4v) is 1.56. The number of nitrogen functional groups attached to an aromatic ring is 1. The largest absolute Gasteiger partial charge is 0.469 e. The molecule has 0 spiro atoms. The van der Waals surface area contributed by atoms with Crippen LogP contribution in [0.15, 0.2) is 30.5 Å². The minimum absolute atomic E-state index is 0.165. The molecule has 0 aliphatic rings. The lowest BCUT2D eigenvalue weighted by molar-refractivity contribution is -0.139. The molecule has 2 rings (SSSR count). The van der Waals surface area contributed by atoms with Gasteiger partial charge < -0.3 is 10.5 Å². The number of benzene rings is 1. The maximum absolute atomic E-state index is 11.2. The summed E-state index contributed by atoms with van der Waals surface area (Å²) in [7, 11) is 1.36. The standard InChI is InChI=1S/C12H14N4O2/c1-18-12(17)6-11-7-14-15-16(11)8-9-2-4-10(13)5-3-9/h2-5,7H,6,8,13H2,1H3. The molecular weight excluding hydrogens is 232 g/mol. The van der Waals surface area contributed by atoms with Gasteiger partial charge in [0.05, 0.1) is 32.0 Å². The number of esters is 1. The minimum Gasteiger partial charge on any atom is -0.469 e. The lowest BCUT2D eigenvalue weighted by atomic mass is 10.2. The van der Waals surface area contributed by atoms with Crippen LogP contribution >= 0.6 is 0 Å². The molecule has 0 bridgehead atoms. The van der Waals surface area contributed by atoms with Crippen molar-refractivity contribution in [2.75, 3.05) is 12.8 Å². The van der Waals surface area contributed by atoms with E-state index in [0.717, 1.165) is 11.3 Å². The Morgan fingerprint density at radius 3 is 2.78 bits per heavy atom. The molecule has 0 aliphatic carbocycles. The van der Waals surface area contributed by atoms with Gasteiger partial charge in [-0.15, -0.1) is 5.10 Å². The van der Waals surface area contributed by atoms with Crippen molar-refractivity contribution in [3.05, 3.63) is 41.7 Å². The summed E-state index contributed by atoms with van der Waals surface area (Å²) in [4.78, 5) is 11.2. The van der Waals surface area contributed by atoms with Gasteiger partial charge in [-0.25, -0.2) is 4.68 Å². The predicted molar refractivity (Wildman–Crippen MR) is 65.7 cm³/mol. The molecule has 0 atom stereocenters. The van der Waals surface area contributed by atoms with Crippen LogP contribution < -0.4 is 5.73 Å². The van der Waals surface area contributed by atoms with Gasteiger partial charge in [-0.3, -0.25) is 4.79 Å². The molecule has 2 aromatic rings. The van der Waals surface area contributed by atoms with Crippen molar-refractivity contribution < 1.29 is 9.53 Å². The summed E-state index contributed by atoms with van der Waals surface area (Å²) < 4.78 is 6.29. The van der Waals surface area contributed by atoms with Gasteiger partial charge in [-0.05, 0) is 17.7 Å². The Morgan fingerprint density at radius 1 is 1.39 bits per heavy atom. The van der Waals surface area contributed by atoms with Gasteiger partial charge in [0, 0.05) is 5.69 Å². The number of carbonyl (C=O) groups excluding carboxylic acids is 1. The molecular formula is C12H14N4O2. The molecule has 6 heteroatoms. The van der Waals surface area contributed by atoms with Crippen molar-refractivity contribution in [1.82, 2.24) is 15.0 Å². The van der Waals surface area contributed by atoms with Crippen molar-refractivity contribution in [3.63, 3.8) is 0 Å². The highest BCUT2D eigenvalue weighted by Crippen LogP contribution is 2.08. The fourth-order valence-electron chi connectivity index (χ4n) is 1.56. The molecule has 0 amide bonds. The van der Waals surface area contributed by atoms with Crippen molar-refractivity contribution in [1.29, 1.82) is 0 Å². The second-order valence-electron chi connectivity index (χ2n) is 3.88. The van der Waals surface area contributed by atoms with E-state index in [-0.39, 0.29) is 12.4 Å². The first-order valence-electron chi connectivity index (χ1n) is 5.47. The average Bonchev–Trinajstić information content (AvgIpc) is 2.79. The number of hydrogen-bond acceptors (Lipinski definition) is 5. The lowest BCUT2D eigenvalue weighted by Gasteiger charge is -2.05. The van der Waals surface area contributed by atoms with Crippen molar-refractivity contribution in [2.45, 2.75) is 13.0 Å². The summed E-state index contributed by atoms with van der Waals surface area (Å²) in [5, 5.41) is 7.75. The molecule has 1 heterocycles. The summed E-state index contributed by atoms with van der Waals surface area (Å²) in [6.07, 6.45) is 1.73. The first-order valence-corrected chi connectivity index (χ1v) is 5.47. The monoisotopic (exact) mass is 246 g/mol. The summed E-state index contributed by atoms with van der Waals surface area (Å²) in [6, 6.07) is 7.48. The Bertz CT molecular complexity index is 533. The molecule has 0 radical (unpaired) electrons. The van der Waals surface area contributed by atoms with Gasteiger partial charge >= 0.3 is 5.97 Å². The Hall–Kier alpha value is -2.37. The number of ether oxygens (including phenoxy) is 1. The molecule has 0 saturated carbocycles. The quantitative estimate of drug-likeness (QED) is 0.631. The van der Waals surface area contributed by atoms with E-state index in [4.69, 9.17) is 5.73 Å². The molecule has 94 valence electrons. The zero-order valence-corrected chi connectivity index (χ0v) is 10.0. The van der Waals surface area contributed by atoms with Crippen LogP contribution in [0.5, 0.6) is 0 Å². The Morgan fingerprint density at radius 2 is 2.11 bits per heavy atom. The van der Waals surface area contributed by atoms with Crippen molar-refractivity contribution in [3.8, 4) is 0 Å². The van der Waals surface area contributed by atoms with E-state index in [1.54, 1.807) is 10.9 Å². The predicted octanol–water partition coefficient (Wildman–Crippen LogP) is 0.624. The molecule has 0 aliphatic heterocycles. The maximum atomic E-state index is 11.2. The zero-order valence-electron chi connectivity index (χ0n) is 10.0. The van der Waals surface area contributed by atoms with Crippen LogP contribution in [0.3, 0.4) is 0 Å². The van der Waals surface area contributed by atoms with E-state index in [1.807, 2.05) is 24.3 Å². The van der Waals surface area contributed by atoms with E-state index in [0.29, 0.717) is 12.2 Å². The van der Waals surface area contributed by atoms with Crippen molar-refractivity contribution >= 4 is 11.7 Å². The molecule has 0 unspecified atom stereocenters. The number of nitrogens with two attached hydrogens (primary N) is 1. The van der Waals surface area contributed by atoms with Gasteiger partial charge in [0.25, 0.3) is 0 Å². The second kappa shape index (κ2) is 5.31. The highest BCUT2D eigenvalue weighted by Gasteiger charge is 2.09. The number of methoxy groups -OCH3 is 1. The van der Waals surface area contributed by atoms with E-state index in [2.05, 4.69) is 15.0 Å². The summed E-state index contributed by atoms with van der Waals surface area (Å²) in [5.41, 5.74) is 8.10. The van der Waals surface area contributed by atoms with E-state index < -0.39 is 0 Å². The van der Waals surface area contributed by atoms with Crippen LogP contribution in [0.4, 0.5) is 5.69 Å². The van der Waals surface area contributed by atoms with E-state index >= 15 is 0 Å². The number of nitrogens with zero attached hydrogens (tertiary/aromatic N) is 3. The van der Waals surface area contributed by atoms with Gasteiger partial charge in [0.1, 0.15) is 0 Å². The van der Waals surface area contributed by atoms with Crippen LogP contribution in [0, 0.1) is 0 Å². The molecule has 1 aromatic carbocycles. The average molecular weight is 246 g/mol. The molecule has 6 nitrogen and oxygen atoms in total. The van der Waals surface area contributed by atoms with Crippen LogP contribution in [0.1, 0.15) is 11.3 Å². The second-order valence-corrected chi connectivity index (χ2v) is 3.88. The van der Waals surface area contributed by atoms with Crippen LogP contribution in [-0.2, 0) is 22.5 Å². The molecule has 2 N–H and O–H groups in total. The smallest absolute Gasteiger partial charge is 0.311 e. The minimum atomic E-state index is -0.309. The molecule has 0 saturated heterocycles. The van der Waals surface area contributed by atoms with Gasteiger partial charge in [0.15, 0.2) is 0 Å². The molecule has 1 aromatic heterocycles. The first kappa shape index (κ1) is 12.1. The molecule has 18 heavy (non-hydrogen) atoms. The number of carbonyl (C=O) groups is 1. The summed E-state index contributed by atoms with van der Waals surface area (Å²) in [6.45, 7) is 0.548. The molecule has 0 fully saturated rings. The van der Waals surface area contributed by atoms with Crippen LogP contribution in [0.2, 0.25) is 0 Å². The van der Waals surface area contributed by atoms with Crippen LogP contribution in [-0.4, -0.2) is 28.1 Å². The van der Waals surface area contributed by atoms with E-state index in [1.165, 1.54) is 7.11 Å². The van der Waals surface area contributed by atoms with E-state index in [9.17, 15) is 4.79 Å². The number of aromatic nitrogens is 3.